The number of hydrogen-bond acceptors (Lipinski definition) is 7. The number of fused-ring (bicyclic) bond motifs is 1. The van der Waals surface area contributed by atoms with Crippen LogP contribution in [0.1, 0.15) is 12.0 Å². The molecule has 1 unspecified atom stereocenters. The molecule has 0 aliphatic carbocycles. The minimum Gasteiger partial charge on any atom is -0.497 e. The van der Waals surface area contributed by atoms with Gasteiger partial charge in [-0.15, -0.1) is 0 Å². The Kier molecular flexibility index (Phi) is 6.08. The number of amides is 2. The lowest BCUT2D eigenvalue weighted by Crippen LogP contribution is -2.56. The van der Waals surface area contributed by atoms with E-state index in [1.54, 1.807) is 31.5 Å². The number of nitrogens with zero attached hydrogens (tertiary/aromatic N) is 2. The largest absolute Gasteiger partial charge is 0.497 e. The van der Waals surface area contributed by atoms with Crippen LogP contribution in [-0.4, -0.2) is 54.5 Å². The van der Waals surface area contributed by atoms with Gasteiger partial charge >= 0.3 is 11.9 Å². The fourth-order valence-electron chi connectivity index (χ4n) is 4.13. The first kappa shape index (κ1) is 22.8. The summed E-state index contributed by atoms with van der Waals surface area (Å²) in [7, 11) is 1.59. The summed E-state index contributed by atoms with van der Waals surface area (Å²) in [6.45, 7) is 0.818. The Morgan fingerprint density at radius 2 is 2.06 bits per heavy atom. The standard InChI is InChI=1S/C25H23ClN4O5/c1-33-18-6-3-16(4-7-18)13-22-23(31)30(25(35-22)15-34-24(32)29-25)12-2-10-27-20-9-11-28-21-14-17(26)5-8-19(20)21/h3-9,11,13-14H,2,10,12,15H2,1H3,(H,27,28)(H,29,32)/b22-13-. The van der Waals surface area contributed by atoms with E-state index in [4.69, 9.17) is 25.8 Å². The van der Waals surface area contributed by atoms with Crippen molar-refractivity contribution in [2.45, 2.75) is 12.3 Å². The summed E-state index contributed by atoms with van der Waals surface area (Å²) in [6.07, 6.45) is 3.32. The van der Waals surface area contributed by atoms with Crippen LogP contribution in [-0.2, 0) is 14.3 Å². The van der Waals surface area contributed by atoms with Gasteiger partial charge in [0.25, 0.3) is 5.91 Å². The number of ether oxygens (including phenoxy) is 3. The van der Waals surface area contributed by atoms with E-state index < -0.39 is 11.9 Å². The number of methoxy groups -OCH3 is 1. The molecule has 1 atom stereocenters. The monoisotopic (exact) mass is 494 g/mol. The number of carbonyl (C=O) groups is 2. The lowest BCUT2D eigenvalue weighted by atomic mass is 10.2. The molecule has 3 heterocycles. The first-order valence-electron chi connectivity index (χ1n) is 11.1. The molecule has 0 bridgehead atoms. The molecular weight excluding hydrogens is 472 g/mol. The molecule has 10 heteroatoms. The third-order valence-electron chi connectivity index (χ3n) is 5.86. The zero-order valence-corrected chi connectivity index (χ0v) is 19.7. The van der Waals surface area contributed by atoms with Crippen molar-refractivity contribution in [2.24, 2.45) is 0 Å². The first-order valence-corrected chi connectivity index (χ1v) is 11.4. The summed E-state index contributed by atoms with van der Waals surface area (Å²) in [5.41, 5.74) is 2.48. The summed E-state index contributed by atoms with van der Waals surface area (Å²) in [5, 5.41) is 7.62. The molecule has 3 aromatic rings. The Balaban J connectivity index is 1.29. The zero-order valence-electron chi connectivity index (χ0n) is 18.9. The predicted octanol–water partition coefficient (Wildman–Crippen LogP) is 3.99. The van der Waals surface area contributed by atoms with Gasteiger partial charge < -0.3 is 19.5 Å². The molecule has 2 aliphatic rings. The second-order valence-corrected chi connectivity index (χ2v) is 8.56. The predicted molar refractivity (Wildman–Crippen MR) is 131 cm³/mol. The Hall–Kier alpha value is -3.98. The van der Waals surface area contributed by atoms with Crippen LogP contribution >= 0.6 is 11.6 Å². The van der Waals surface area contributed by atoms with Crippen LogP contribution in [0.4, 0.5) is 10.5 Å². The summed E-state index contributed by atoms with van der Waals surface area (Å²) in [6, 6.07) is 14.7. The van der Waals surface area contributed by atoms with Crippen molar-refractivity contribution in [2.75, 3.05) is 32.1 Å². The molecule has 35 heavy (non-hydrogen) atoms. The number of halogens is 1. The van der Waals surface area contributed by atoms with E-state index in [2.05, 4.69) is 15.6 Å². The van der Waals surface area contributed by atoms with E-state index in [9.17, 15) is 9.59 Å². The quantitative estimate of drug-likeness (QED) is 0.378. The number of aromatic nitrogens is 1. The topological polar surface area (TPSA) is 102 Å². The van der Waals surface area contributed by atoms with Gasteiger partial charge in [0.1, 0.15) is 5.75 Å². The number of cyclic esters (lactones) is 1. The zero-order chi connectivity index (χ0) is 24.4. The van der Waals surface area contributed by atoms with Crippen molar-refractivity contribution >= 4 is 46.3 Å². The second-order valence-electron chi connectivity index (χ2n) is 8.13. The SMILES string of the molecule is COc1ccc(/C=C2\OC3(COC(=O)N3)N(CCCNc3ccnc4cc(Cl)ccc34)C2=O)cc1. The lowest BCUT2D eigenvalue weighted by Gasteiger charge is -2.29. The Morgan fingerprint density at radius 1 is 1.23 bits per heavy atom. The number of alkyl carbamates (subject to hydrolysis) is 1. The summed E-state index contributed by atoms with van der Waals surface area (Å²) >= 11 is 6.07. The number of pyridine rings is 1. The summed E-state index contributed by atoms with van der Waals surface area (Å²) in [4.78, 5) is 30.9. The van der Waals surface area contributed by atoms with E-state index >= 15 is 0 Å². The molecule has 2 amide bonds. The van der Waals surface area contributed by atoms with Crippen molar-refractivity contribution in [3.63, 3.8) is 0 Å². The molecule has 2 fully saturated rings. The number of carbonyl (C=O) groups excluding carboxylic acids is 2. The van der Waals surface area contributed by atoms with Crippen LogP contribution in [0, 0.1) is 0 Å². The Morgan fingerprint density at radius 3 is 2.80 bits per heavy atom. The third kappa shape index (κ3) is 4.54. The molecule has 2 N–H and O–H groups in total. The van der Waals surface area contributed by atoms with Crippen LogP contribution in [0.2, 0.25) is 5.02 Å². The first-order chi connectivity index (χ1) is 17.0. The smallest absolute Gasteiger partial charge is 0.412 e. The van der Waals surface area contributed by atoms with Gasteiger partial charge in [0.15, 0.2) is 12.4 Å². The van der Waals surface area contributed by atoms with E-state index in [1.165, 1.54) is 4.90 Å². The van der Waals surface area contributed by atoms with Gasteiger partial charge in [0.2, 0.25) is 0 Å². The highest BCUT2D eigenvalue weighted by Crippen LogP contribution is 2.33. The van der Waals surface area contributed by atoms with Crippen LogP contribution in [0.3, 0.4) is 0 Å². The molecule has 2 aromatic carbocycles. The van der Waals surface area contributed by atoms with Crippen LogP contribution < -0.4 is 15.4 Å². The van der Waals surface area contributed by atoms with E-state index in [0.29, 0.717) is 30.3 Å². The van der Waals surface area contributed by atoms with Crippen molar-refractivity contribution in [3.8, 4) is 5.75 Å². The number of hydrogen-bond donors (Lipinski definition) is 2. The van der Waals surface area contributed by atoms with Crippen molar-refractivity contribution in [1.82, 2.24) is 15.2 Å². The number of nitrogens with one attached hydrogen (secondary N) is 2. The molecule has 2 aliphatic heterocycles. The maximum absolute atomic E-state index is 13.2. The van der Waals surface area contributed by atoms with Crippen LogP contribution in [0.25, 0.3) is 17.0 Å². The van der Waals surface area contributed by atoms with Gasteiger partial charge in [0.05, 0.1) is 12.6 Å². The Labute approximate surface area is 206 Å². The van der Waals surface area contributed by atoms with Gasteiger partial charge in [-0.25, -0.2) is 4.79 Å². The van der Waals surface area contributed by atoms with E-state index in [0.717, 1.165) is 22.2 Å². The number of benzene rings is 2. The van der Waals surface area contributed by atoms with E-state index in [1.807, 2.05) is 36.4 Å². The molecule has 2 saturated heterocycles. The highest BCUT2D eigenvalue weighted by atomic mass is 35.5. The summed E-state index contributed by atoms with van der Waals surface area (Å²) in [5.74, 6) is -0.841. The van der Waals surface area contributed by atoms with Gasteiger partial charge in [-0.1, -0.05) is 23.7 Å². The van der Waals surface area contributed by atoms with Gasteiger partial charge in [-0.3, -0.25) is 20.0 Å². The van der Waals surface area contributed by atoms with E-state index in [-0.39, 0.29) is 18.3 Å². The number of anilines is 1. The fourth-order valence-corrected chi connectivity index (χ4v) is 4.30. The molecule has 9 nitrogen and oxygen atoms in total. The third-order valence-corrected chi connectivity index (χ3v) is 6.09. The average molecular weight is 495 g/mol. The minimum absolute atomic E-state index is 0.0965. The van der Waals surface area contributed by atoms with Crippen molar-refractivity contribution in [1.29, 1.82) is 0 Å². The molecule has 0 radical (unpaired) electrons. The van der Waals surface area contributed by atoms with Crippen LogP contribution in [0.15, 0.2) is 60.5 Å². The highest BCUT2D eigenvalue weighted by Gasteiger charge is 2.56. The van der Waals surface area contributed by atoms with Gasteiger partial charge in [-0.2, -0.15) is 0 Å². The Bertz CT molecular complexity index is 1310. The summed E-state index contributed by atoms with van der Waals surface area (Å²) < 4.78 is 16.2. The maximum atomic E-state index is 13.2. The molecule has 0 saturated carbocycles. The maximum Gasteiger partial charge on any atom is 0.412 e. The second kappa shape index (κ2) is 9.34. The highest BCUT2D eigenvalue weighted by molar-refractivity contribution is 6.31. The van der Waals surface area contributed by atoms with Gasteiger partial charge in [-0.05, 0) is 54.5 Å². The molecule has 1 aromatic heterocycles. The molecular formula is C25H23ClN4O5. The van der Waals surface area contributed by atoms with Crippen LogP contribution in [0.5, 0.6) is 5.75 Å². The van der Waals surface area contributed by atoms with Crippen molar-refractivity contribution < 1.29 is 23.8 Å². The fraction of sp³-hybridized carbons (Fsp3) is 0.240. The molecule has 1 spiro atoms. The average Bonchev–Trinajstić information content (AvgIpc) is 3.35. The minimum atomic E-state index is -1.35. The van der Waals surface area contributed by atoms with Gasteiger partial charge in [0, 0.05) is 35.4 Å². The molecule has 5 rings (SSSR count). The lowest BCUT2D eigenvalue weighted by molar-refractivity contribution is -0.135. The number of rotatable bonds is 7. The normalized spacial score (nSPS) is 20.3. The van der Waals surface area contributed by atoms with Crippen molar-refractivity contribution in [3.05, 3.63) is 71.1 Å². The molecule has 180 valence electrons.